The van der Waals surface area contributed by atoms with E-state index in [4.69, 9.17) is 27.9 Å². The van der Waals surface area contributed by atoms with Gasteiger partial charge in [0.2, 0.25) is 0 Å². The lowest BCUT2D eigenvalue weighted by molar-refractivity contribution is -0.118. The predicted octanol–water partition coefficient (Wildman–Crippen LogP) is 7.05. The molecule has 0 aliphatic heterocycles. The number of unbranched alkanes of at least 4 members (excludes halogenated alkanes) is 2. The van der Waals surface area contributed by atoms with Crippen LogP contribution in [-0.2, 0) is 4.79 Å². The molecule has 1 amide bonds. The third-order valence-electron chi connectivity index (χ3n) is 5.45. The highest BCUT2D eigenvalue weighted by Gasteiger charge is 2.17. The zero-order chi connectivity index (χ0) is 26.7. The molecule has 0 aliphatic carbocycles. The predicted molar refractivity (Wildman–Crippen MR) is 155 cm³/mol. The summed E-state index contributed by atoms with van der Waals surface area (Å²) in [6, 6.07) is 22.3. The quantitative estimate of drug-likeness (QED) is 0.0857. The third kappa shape index (κ3) is 7.84. The number of thioether (sulfide) groups is 1. The van der Waals surface area contributed by atoms with Gasteiger partial charge < -0.3 is 4.74 Å². The van der Waals surface area contributed by atoms with Gasteiger partial charge in [-0.1, -0.05) is 54.7 Å². The van der Waals surface area contributed by atoms with Gasteiger partial charge in [-0.3, -0.25) is 9.36 Å². The number of hydrogen-bond donors (Lipinski definition) is 1. The normalized spacial score (nSPS) is 11.1. The van der Waals surface area contributed by atoms with Crippen molar-refractivity contribution in [3.05, 3.63) is 88.4 Å². The standard InChI is InChI=1S/C28H27Cl2N5O2S/c1-2-3-4-17-37-25-15-5-20(6-16-25)18-31-32-26(36)19-38-28-34-33-27(21-7-9-22(29)10-8-21)35(28)24-13-11-23(30)12-14-24/h5-16,18H,2-4,17,19H2,1H3,(H,32,36)/b31-18+. The molecule has 0 radical (unpaired) electrons. The Labute approximate surface area is 236 Å². The highest BCUT2D eigenvalue weighted by Crippen LogP contribution is 2.29. The summed E-state index contributed by atoms with van der Waals surface area (Å²) in [7, 11) is 0. The summed E-state index contributed by atoms with van der Waals surface area (Å²) < 4.78 is 7.60. The highest BCUT2D eigenvalue weighted by atomic mass is 35.5. The number of benzene rings is 3. The van der Waals surface area contributed by atoms with E-state index in [1.165, 1.54) is 11.8 Å². The molecule has 3 aromatic carbocycles. The van der Waals surface area contributed by atoms with Crippen LogP contribution in [0.3, 0.4) is 0 Å². The molecule has 4 aromatic rings. The van der Waals surface area contributed by atoms with Crippen LogP contribution in [0, 0.1) is 0 Å². The Bertz CT molecular complexity index is 1360. The summed E-state index contributed by atoms with van der Waals surface area (Å²) in [4.78, 5) is 12.5. The van der Waals surface area contributed by atoms with Gasteiger partial charge >= 0.3 is 0 Å². The molecule has 38 heavy (non-hydrogen) atoms. The molecule has 0 fully saturated rings. The second-order valence-corrected chi connectivity index (χ2v) is 10.1. The van der Waals surface area contributed by atoms with E-state index >= 15 is 0 Å². The number of hydrazone groups is 1. The maximum Gasteiger partial charge on any atom is 0.250 e. The zero-order valence-corrected chi connectivity index (χ0v) is 23.1. The van der Waals surface area contributed by atoms with E-state index in [1.54, 1.807) is 30.5 Å². The third-order valence-corrected chi connectivity index (χ3v) is 6.89. The first kappa shape index (κ1) is 27.7. The summed E-state index contributed by atoms with van der Waals surface area (Å²) in [6.07, 6.45) is 4.96. The van der Waals surface area contributed by atoms with Crippen LogP contribution in [0.25, 0.3) is 17.1 Å². The van der Waals surface area contributed by atoms with E-state index in [9.17, 15) is 4.79 Å². The van der Waals surface area contributed by atoms with Gasteiger partial charge in [0.15, 0.2) is 11.0 Å². The number of halogens is 2. The molecule has 1 aromatic heterocycles. The Morgan fingerprint density at radius 2 is 1.66 bits per heavy atom. The Morgan fingerprint density at radius 1 is 0.974 bits per heavy atom. The Balaban J connectivity index is 1.38. The van der Waals surface area contributed by atoms with Gasteiger partial charge in [-0.25, -0.2) is 5.43 Å². The molecule has 7 nitrogen and oxygen atoms in total. The summed E-state index contributed by atoms with van der Waals surface area (Å²) in [5.74, 6) is 1.29. The van der Waals surface area contributed by atoms with Crippen molar-refractivity contribution in [3.8, 4) is 22.8 Å². The molecule has 4 rings (SSSR count). The molecular formula is C28H27Cl2N5O2S. The number of aromatic nitrogens is 3. The average molecular weight is 569 g/mol. The van der Waals surface area contributed by atoms with Gasteiger partial charge in [0.1, 0.15) is 5.75 Å². The highest BCUT2D eigenvalue weighted by molar-refractivity contribution is 7.99. The molecule has 0 bridgehead atoms. The molecule has 0 saturated heterocycles. The second-order valence-electron chi connectivity index (χ2n) is 8.33. The smallest absolute Gasteiger partial charge is 0.250 e. The van der Waals surface area contributed by atoms with Crippen molar-refractivity contribution < 1.29 is 9.53 Å². The minimum absolute atomic E-state index is 0.105. The number of nitrogens with zero attached hydrogens (tertiary/aromatic N) is 4. The maximum absolute atomic E-state index is 12.5. The number of carbonyl (C=O) groups is 1. The van der Waals surface area contributed by atoms with Crippen LogP contribution in [-0.4, -0.2) is 39.2 Å². The molecule has 0 aliphatic rings. The van der Waals surface area contributed by atoms with Crippen LogP contribution in [0.15, 0.2) is 83.1 Å². The SMILES string of the molecule is CCCCCOc1ccc(/C=N/NC(=O)CSc2nnc(-c3ccc(Cl)cc3)n2-c2ccc(Cl)cc2)cc1. The Morgan fingerprint density at radius 3 is 2.34 bits per heavy atom. The summed E-state index contributed by atoms with van der Waals surface area (Å²) in [5, 5.41) is 14.6. The maximum atomic E-state index is 12.5. The van der Waals surface area contributed by atoms with Crippen LogP contribution in [0.4, 0.5) is 0 Å². The molecule has 1 heterocycles. The Hall–Kier alpha value is -3.33. The molecular weight excluding hydrogens is 541 g/mol. The summed E-state index contributed by atoms with van der Waals surface area (Å²) in [6.45, 7) is 2.87. The van der Waals surface area contributed by atoms with E-state index in [1.807, 2.05) is 53.1 Å². The van der Waals surface area contributed by atoms with E-state index in [0.29, 0.717) is 27.6 Å². The molecule has 0 unspecified atom stereocenters. The summed E-state index contributed by atoms with van der Waals surface area (Å²) in [5.41, 5.74) is 5.09. The van der Waals surface area contributed by atoms with E-state index < -0.39 is 0 Å². The van der Waals surface area contributed by atoms with Crippen molar-refractivity contribution in [1.82, 2.24) is 20.2 Å². The first-order chi connectivity index (χ1) is 18.5. The number of ether oxygens (including phenoxy) is 1. The Kier molecular flexibility index (Phi) is 10.2. The molecule has 0 spiro atoms. The first-order valence-electron chi connectivity index (χ1n) is 12.2. The van der Waals surface area contributed by atoms with E-state index in [2.05, 4.69) is 27.6 Å². The van der Waals surface area contributed by atoms with Crippen molar-refractivity contribution in [2.45, 2.75) is 31.3 Å². The van der Waals surface area contributed by atoms with Gasteiger partial charge in [0.25, 0.3) is 5.91 Å². The van der Waals surface area contributed by atoms with E-state index in [-0.39, 0.29) is 11.7 Å². The lowest BCUT2D eigenvalue weighted by Gasteiger charge is -2.10. The number of nitrogens with one attached hydrogen (secondary N) is 1. The molecule has 0 atom stereocenters. The minimum atomic E-state index is -0.263. The van der Waals surface area contributed by atoms with Crippen LogP contribution in [0.1, 0.15) is 31.7 Å². The second kappa shape index (κ2) is 14.0. The van der Waals surface area contributed by atoms with Crippen molar-refractivity contribution in [1.29, 1.82) is 0 Å². The summed E-state index contributed by atoms with van der Waals surface area (Å²) >= 11 is 13.4. The average Bonchev–Trinajstić information content (AvgIpc) is 3.35. The van der Waals surface area contributed by atoms with Crippen LogP contribution in [0.2, 0.25) is 10.0 Å². The van der Waals surface area contributed by atoms with Crippen molar-refractivity contribution >= 4 is 47.1 Å². The number of carbonyl (C=O) groups excluding carboxylic acids is 1. The largest absolute Gasteiger partial charge is 0.494 e. The fourth-order valence-corrected chi connectivity index (χ4v) is 4.50. The molecule has 1 N–H and O–H groups in total. The number of rotatable bonds is 12. The first-order valence-corrected chi connectivity index (χ1v) is 13.9. The van der Waals surface area contributed by atoms with Gasteiger partial charge in [-0.15, -0.1) is 10.2 Å². The number of hydrogen-bond acceptors (Lipinski definition) is 6. The fourth-order valence-electron chi connectivity index (χ4n) is 3.51. The van der Waals surface area contributed by atoms with Crippen LogP contribution in [0.5, 0.6) is 5.75 Å². The van der Waals surface area contributed by atoms with Crippen LogP contribution < -0.4 is 10.2 Å². The molecule has 196 valence electrons. The van der Waals surface area contributed by atoms with Gasteiger partial charge in [-0.05, 0) is 84.8 Å². The van der Waals surface area contributed by atoms with Crippen molar-refractivity contribution in [3.63, 3.8) is 0 Å². The lowest BCUT2D eigenvalue weighted by atomic mass is 10.2. The molecule has 10 heteroatoms. The molecule has 0 saturated carbocycles. The van der Waals surface area contributed by atoms with Gasteiger partial charge in [0.05, 0.1) is 18.6 Å². The van der Waals surface area contributed by atoms with Gasteiger partial charge in [0, 0.05) is 21.3 Å². The topological polar surface area (TPSA) is 81.4 Å². The minimum Gasteiger partial charge on any atom is -0.494 e. The fraction of sp³-hybridized carbons (Fsp3) is 0.214. The zero-order valence-electron chi connectivity index (χ0n) is 20.8. The van der Waals surface area contributed by atoms with Crippen LogP contribution >= 0.6 is 35.0 Å². The number of amides is 1. The van der Waals surface area contributed by atoms with Crippen molar-refractivity contribution in [2.24, 2.45) is 5.10 Å². The lowest BCUT2D eigenvalue weighted by Crippen LogP contribution is -2.20. The monoisotopic (exact) mass is 567 g/mol. The van der Waals surface area contributed by atoms with Crippen molar-refractivity contribution in [2.75, 3.05) is 12.4 Å². The van der Waals surface area contributed by atoms with Gasteiger partial charge in [-0.2, -0.15) is 5.10 Å². The van der Waals surface area contributed by atoms with E-state index in [0.717, 1.165) is 41.8 Å².